The number of nitrogens with zero attached hydrogens (tertiary/aromatic N) is 6. The summed E-state index contributed by atoms with van der Waals surface area (Å²) in [6.45, 7) is -0.621. The number of ether oxygens (including phenoxy) is 4. The van der Waals surface area contributed by atoms with Gasteiger partial charge in [0, 0.05) is 13.1 Å². The number of hydrogen-bond acceptors (Lipinski definition) is 20. The third-order valence-corrected chi connectivity index (χ3v) is 6.94. The lowest BCUT2D eigenvalue weighted by Gasteiger charge is -2.42. The minimum atomic E-state index is -1.84. The zero-order valence-electron chi connectivity index (χ0n) is 21.3. The van der Waals surface area contributed by atoms with E-state index in [1.807, 2.05) is 0 Å². The average molecular weight is 637 g/mol. The predicted molar refractivity (Wildman–Crippen MR) is 140 cm³/mol. The van der Waals surface area contributed by atoms with Gasteiger partial charge in [-0.25, -0.2) is 9.98 Å². The number of thiazole rings is 2. The van der Waals surface area contributed by atoms with Crippen LogP contribution in [0.15, 0.2) is 22.4 Å². The van der Waals surface area contributed by atoms with Gasteiger partial charge in [0.05, 0.1) is 19.4 Å². The lowest BCUT2D eigenvalue weighted by atomic mass is 9.99. The Kier molecular flexibility index (Phi) is 11.9. The Hall–Kier alpha value is -3.45. The minimum absolute atomic E-state index is 0.0208. The van der Waals surface area contributed by atoms with Crippen molar-refractivity contribution in [2.24, 2.45) is 9.98 Å². The number of nitro groups is 2. The van der Waals surface area contributed by atoms with Crippen LogP contribution in [0.5, 0.6) is 0 Å². The van der Waals surface area contributed by atoms with Crippen LogP contribution in [0.3, 0.4) is 0 Å². The minimum Gasteiger partial charge on any atom is -0.457 e. The molecule has 1 saturated heterocycles. The fourth-order valence-corrected chi connectivity index (χ4v) is 4.57. The van der Waals surface area contributed by atoms with Crippen LogP contribution in [0, 0.1) is 20.2 Å². The van der Waals surface area contributed by atoms with Crippen LogP contribution in [0.1, 0.15) is 6.92 Å². The molecule has 42 heavy (non-hydrogen) atoms. The topological polar surface area (TPSA) is 292 Å². The third kappa shape index (κ3) is 8.78. The highest BCUT2D eigenvalue weighted by Gasteiger charge is 2.48. The Bertz CT molecular complexity index is 1290. The van der Waals surface area contributed by atoms with E-state index < -0.39 is 88.5 Å². The van der Waals surface area contributed by atoms with E-state index >= 15 is 0 Å². The van der Waals surface area contributed by atoms with Crippen LogP contribution in [-0.4, -0.2) is 126 Å². The Labute approximate surface area is 242 Å². The van der Waals surface area contributed by atoms with Crippen LogP contribution in [0.25, 0.3) is 0 Å². The second kappa shape index (κ2) is 15.1. The van der Waals surface area contributed by atoms with Crippen molar-refractivity contribution in [3.8, 4) is 0 Å². The second-order valence-electron chi connectivity index (χ2n) is 8.16. The van der Waals surface area contributed by atoms with Gasteiger partial charge < -0.3 is 64.7 Å². The molecule has 2 aromatic heterocycles. The van der Waals surface area contributed by atoms with Gasteiger partial charge in [0.15, 0.2) is 41.1 Å². The molecule has 0 aliphatic carbocycles. The summed E-state index contributed by atoms with van der Waals surface area (Å²) in [5.74, 6) is -0.870. The second-order valence-corrected chi connectivity index (χ2v) is 10.1. The van der Waals surface area contributed by atoms with Crippen LogP contribution >= 0.6 is 22.7 Å². The zero-order chi connectivity index (χ0) is 31.0. The van der Waals surface area contributed by atoms with Crippen molar-refractivity contribution >= 4 is 61.3 Å². The third-order valence-electron chi connectivity index (χ3n) is 5.23. The van der Waals surface area contributed by atoms with Crippen molar-refractivity contribution in [3.05, 3.63) is 32.6 Å². The Morgan fingerprint density at radius 3 is 2.14 bits per heavy atom. The molecule has 0 spiro atoms. The highest BCUT2D eigenvalue weighted by molar-refractivity contribution is 7.18. The van der Waals surface area contributed by atoms with E-state index in [1.54, 1.807) is 0 Å². The number of aromatic nitrogens is 2. The number of aliphatic imine (C=N–C) groups is 2. The van der Waals surface area contributed by atoms with Gasteiger partial charge in [-0.3, -0.25) is 4.79 Å². The molecule has 0 saturated carbocycles. The maximum Gasteiger partial charge on any atom is 0.425 e. The molecule has 230 valence electrons. The van der Waals surface area contributed by atoms with Crippen LogP contribution in [-0.2, 0) is 23.7 Å². The van der Waals surface area contributed by atoms with Crippen molar-refractivity contribution in [3.63, 3.8) is 0 Å². The average Bonchev–Trinajstić information content (AvgIpc) is 3.62. The fraction of sp³-hybridized carbons (Fsp3) is 0.550. The number of rotatable bonds is 14. The summed E-state index contributed by atoms with van der Waals surface area (Å²) in [4.78, 5) is 46.7. The molecule has 0 amide bonds. The molecule has 0 aromatic carbocycles. The summed E-state index contributed by atoms with van der Waals surface area (Å²) >= 11 is 1.20. The molecule has 1 aliphatic heterocycles. The van der Waals surface area contributed by atoms with Gasteiger partial charge in [-0.15, -0.1) is 0 Å². The first-order chi connectivity index (χ1) is 19.9. The molecular formula is C20H24N6O14S2. The largest absolute Gasteiger partial charge is 0.457 e. The number of carbonyl (C=O) groups excluding carboxylic acids is 1. The van der Waals surface area contributed by atoms with E-state index in [2.05, 4.69) is 20.0 Å². The number of esters is 1. The maximum absolute atomic E-state index is 11.5. The van der Waals surface area contributed by atoms with Gasteiger partial charge in [0.1, 0.15) is 30.5 Å². The smallest absolute Gasteiger partial charge is 0.425 e. The summed E-state index contributed by atoms with van der Waals surface area (Å²) in [6, 6.07) is 0. The number of aliphatic hydroxyl groups is 5. The monoisotopic (exact) mass is 636 g/mol. The van der Waals surface area contributed by atoms with Crippen LogP contribution in [0.2, 0.25) is 0 Å². The van der Waals surface area contributed by atoms with E-state index in [4.69, 9.17) is 18.9 Å². The van der Waals surface area contributed by atoms with Crippen molar-refractivity contribution in [2.75, 3.05) is 13.2 Å². The first-order valence-corrected chi connectivity index (χ1v) is 13.2. The summed E-state index contributed by atoms with van der Waals surface area (Å²) in [6.07, 6.45) is -9.09. The van der Waals surface area contributed by atoms with Gasteiger partial charge in [0.25, 0.3) is 0 Å². The molecule has 0 radical (unpaired) electrons. The van der Waals surface area contributed by atoms with Crippen LogP contribution in [0.4, 0.5) is 20.3 Å². The number of hydrogen-bond donors (Lipinski definition) is 5. The molecule has 8 unspecified atom stereocenters. The molecule has 1 aliphatic rings. The molecule has 5 N–H and O–H groups in total. The van der Waals surface area contributed by atoms with E-state index in [9.17, 15) is 50.6 Å². The first-order valence-electron chi connectivity index (χ1n) is 11.6. The van der Waals surface area contributed by atoms with Crippen molar-refractivity contribution in [1.82, 2.24) is 9.97 Å². The van der Waals surface area contributed by atoms with Gasteiger partial charge >= 0.3 is 16.2 Å². The summed E-state index contributed by atoms with van der Waals surface area (Å²) in [7, 11) is 0. The Morgan fingerprint density at radius 1 is 1.10 bits per heavy atom. The van der Waals surface area contributed by atoms with Crippen LogP contribution < -0.4 is 0 Å². The Balaban J connectivity index is 1.85. The van der Waals surface area contributed by atoms with Gasteiger partial charge in [0.2, 0.25) is 0 Å². The molecule has 3 rings (SSSR count). The molecule has 0 bridgehead atoms. The predicted octanol–water partition coefficient (Wildman–Crippen LogP) is -1.03. The lowest BCUT2D eigenvalue weighted by Crippen LogP contribution is -2.61. The molecule has 1 fully saturated rings. The lowest BCUT2D eigenvalue weighted by molar-refractivity contribution is -0.384. The molecular weight excluding hydrogens is 612 g/mol. The highest BCUT2D eigenvalue weighted by atomic mass is 32.1. The molecule has 22 heteroatoms. The Morgan fingerprint density at radius 2 is 1.67 bits per heavy atom. The summed E-state index contributed by atoms with van der Waals surface area (Å²) in [5.41, 5.74) is 0. The van der Waals surface area contributed by atoms with Crippen molar-refractivity contribution < 1.29 is 59.1 Å². The van der Waals surface area contributed by atoms with E-state index in [0.29, 0.717) is 22.7 Å². The standard InChI is InChI=1S/C20H24N6O14S2/c1-8(29)37-17-15(31)11(7-28)40-18(16(17)32)39-9(2-21-12-3-23-19(41-12)25(33)34)10(6-27)38-14(30)5-22-13-4-24-20(42-13)26(35)36/h2-5,9-11,14-18,27-28,30-32H,6-7H2,1H3/b21-2+,22-5+. The van der Waals surface area contributed by atoms with E-state index in [1.165, 1.54) is 0 Å². The SMILES string of the molecule is CC(=O)OC1C(O)C(CO)OC(OC(/C=N/c2cnc([N+](=O)[O-])s2)C(CO)OC(O)/C=N/c2cnc([N+](=O)[O-])s2)C1O. The summed E-state index contributed by atoms with van der Waals surface area (Å²) in [5, 5.41) is 71.9. The van der Waals surface area contributed by atoms with Gasteiger partial charge in [-0.1, -0.05) is 0 Å². The fourth-order valence-electron chi connectivity index (χ4n) is 3.39. The van der Waals surface area contributed by atoms with Gasteiger partial charge in [-0.2, -0.15) is 0 Å². The highest BCUT2D eigenvalue weighted by Crippen LogP contribution is 2.30. The van der Waals surface area contributed by atoms with E-state index in [-0.39, 0.29) is 10.0 Å². The molecule has 20 nitrogen and oxygen atoms in total. The normalized spacial score (nSPS) is 25.0. The quantitative estimate of drug-likeness (QED) is 0.0544. The summed E-state index contributed by atoms with van der Waals surface area (Å²) < 4.78 is 21.4. The molecule has 8 atom stereocenters. The molecule has 3 heterocycles. The molecule has 2 aromatic rings. The van der Waals surface area contributed by atoms with Crippen molar-refractivity contribution in [1.29, 1.82) is 0 Å². The first kappa shape index (κ1) is 33.1. The zero-order valence-corrected chi connectivity index (χ0v) is 22.9. The maximum atomic E-state index is 11.5. The van der Waals surface area contributed by atoms with Gasteiger partial charge in [-0.05, 0) is 42.5 Å². The van der Waals surface area contributed by atoms with Crippen molar-refractivity contribution in [2.45, 2.75) is 56.1 Å². The van der Waals surface area contributed by atoms with E-state index in [0.717, 1.165) is 31.7 Å². The number of aliphatic hydroxyl groups excluding tert-OH is 5. The number of carbonyl (C=O) groups is 1.